The van der Waals surface area contributed by atoms with Crippen LogP contribution >= 0.6 is 0 Å². The van der Waals surface area contributed by atoms with E-state index in [1.54, 1.807) is 36.1 Å². The van der Waals surface area contributed by atoms with Gasteiger partial charge < -0.3 is 9.42 Å². The van der Waals surface area contributed by atoms with Crippen molar-refractivity contribution in [1.29, 1.82) is 0 Å². The number of carbonyl (C=O) groups excluding carboxylic acids is 1. The summed E-state index contributed by atoms with van der Waals surface area (Å²) in [6, 6.07) is 12.4. The van der Waals surface area contributed by atoms with Gasteiger partial charge in [0.05, 0.1) is 5.92 Å². The largest absolute Gasteiger partial charge is 0.342 e. The van der Waals surface area contributed by atoms with Gasteiger partial charge in [0.1, 0.15) is 11.6 Å². The zero-order valence-corrected chi connectivity index (χ0v) is 16.4. The van der Waals surface area contributed by atoms with Gasteiger partial charge in [0.2, 0.25) is 17.6 Å². The molecule has 1 atom stereocenters. The van der Waals surface area contributed by atoms with Crippen LogP contribution in [0.25, 0.3) is 11.4 Å². The second kappa shape index (κ2) is 9.41. The summed E-state index contributed by atoms with van der Waals surface area (Å²) in [4.78, 5) is 17.6. The number of piperidine rings is 1. The lowest BCUT2D eigenvalue weighted by molar-refractivity contribution is -0.130. The van der Waals surface area contributed by atoms with Gasteiger partial charge >= 0.3 is 0 Å². The fourth-order valence-corrected chi connectivity index (χ4v) is 3.12. The van der Waals surface area contributed by atoms with Crippen LogP contribution in [0.2, 0.25) is 0 Å². The number of hydrogen-bond acceptors (Lipinski definition) is 4. The first-order chi connectivity index (χ1) is 13.9. The van der Waals surface area contributed by atoms with Crippen molar-refractivity contribution in [3.05, 3.63) is 71.6 Å². The molecule has 0 spiro atoms. The van der Waals surface area contributed by atoms with E-state index in [0.29, 0.717) is 23.8 Å². The average Bonchev–Trinajstić information content (AvgIpc) is 3.22. The van der Waals surface area contributed by atoms with Gasteiger partial charge in [-0.2, -0.15) is 4.98 Å². The Morgan fingerprint density at radius 2 is 1.69 bits per heavy atom. The summed E-state index contributed by atoms with van der Waals surface area (Å²) >= 11 is 0. The molecular weight excluding hydrogens is 376 g/mol. The normalized spacial score (nSPS) is 16.1. The number of carbonyl (C=O) groups is 1. The molecule has 7 heteroatoms. The fourth-order valence-electron chi connectivity index (χ4n) is 3.12. The summed E-state index contributed by atoms with van der Waals surface area (Å²) in [6.45, 7) is 4.89. The number of amides is 1. The number of hydrogen-bond donors (Lipinski definition) is 0. The SMILES string of the molecule is CC(=O)N1CCCC(c2nc(-c3ccc(F)cc3)no2)C1.Cc1ccc(F)cc1. The highest BCUT2D eigenvalue weighted by molar-refractivity contribution is 5.73. The highest BCUT2D eigenvalue weighted by Gasteiger charge is 2.27. The van der Waals surface area contributed by atoms with Crippen molar-refractivity contribution in [3.8, 4) is 11.4 Å². The van der Waals surface area contributed by atoms with Crippen LogP contribution in [0, 0.1) is 18.6 Å². The average molecular weight is 399 g/mol. The molecule has 4 rings (SSSR count). The Labute approximate surface area is 168 Å². The Morgan fingerprint density at radius 1 is 1.07 bits per heavy atom. The summed E-state index contributed by atoms with van der Waals surface area (Å²) < 4.78 is 30.3. The van der Waals surface area contributed by atoms with E-state index in [4.69, 9.17) is 4.52 Å². The number of aromatic nitrogens is 2. The van der Waals surface area contributed by atoms with Gasteiger partial charge in [-0.1, -0.05) is 22.9 Å². The number of halogens is 2. The molecule has 0 aliphatic carbocycles. The van der Waals surface area contributed by atoms with Crippen molar-refractivity contribution in [2.45, 2.75) is 32.6 Å². The number of rotatable bonds is 2. The molecule has 0 radical (unpaired) electrons. The lowest BCUT2D eigenvalue weighted by atomic mass is 9.98. The topological polar surface area (TPSA) is 59.2 Å². The zero-order chi connectivity index (χ0) is 20.8. The van der Waals surface area contributed by atoms with Crippen molar-refractivity contribution in [2.24, 2.45) is 0 Å². The van der Waals surface area contributed by atoms with E-state index in [1.165, 1.54) is 24.3 Å². The molecule has 2 heterocycles. The van der Waals surface area contributed by atoms with Gasteiger partial charge in [-0.25, -0.2) is 8.78 Å². The zero-order valence-electron chi connectivity index (χ0n) is 16.4. The van der Waals surface area contributed by atoms with Crippen molar-refractivity contribution in [3.63, 3.8) is 0 Å². The number of aryl methyl sites for hydroxylation is 1. The summed E-state index contributed by atoms with van der Waals surface area (Å²) in [5.74, 6) is 0.662. The quantitative estimate of drug-likeness (QED) is 0.625. The Balaban J connectivity index is 0.000000252. The third-order valence-electron chi connectivity index (χ3n) is 4.77. The predicted octanol–water partition coefficient (Wildman–Crippen LogP) is 4.74. The minimum Gasteiger partial charge on any atom is -0.342 e. The molecule has 1 aromatic heterocycles. The van der Waals surface area contributed by atoms with Crippen LogP contribution in [0.15, 0.2) is 53.1 Å². The Morgan fingerprint density at radius 3 is 2.28 bits per heavy atom. The third-order valence-corrected chi connectivity index (χ3v) is 4.77. The number of likely N-dealkylation sites (tertiary alicyclic amines) is 1. The van der Waals surface area contributed by atoms with Gasteiger partial charge in [0, 0.05) is 25.6 Å². The van der Waals surface area contributed by atoms with Crippen LogP contribution in [0.5, 0.6) is 0 Å². The molecule has 0 saturated carbocycles. The van der Waals surface area contributed by atoms with Gasteiger partial charge in [-0.3, -0.25) is 4.79 Å². The van der Waals surface area contributed by atoms with E-state index in [0.717, 1.165) is 24.9 Å². The summed E-state index contributed by atoms with van der Waals surface area (Å²) in [6.07, 6.45) is 1.85. The first-order valence-electron chi connectivity index (χ1n) is 9.49. The fraction of sp³-hybridized carbons (Fsp3) is 0.318. The van der Waals surface area contributed by atoms with E-state index < -0.39 is 0 Å². The highest BCUT2D eigenvalue weighted by atomic mass is 19.1. The van der Waals surface area contributed by atoms with Crippen molar-refractivity contribution < 1.29 is 18.1 Å². The molecule has 29 heavy (non-hydrogen) atoms. The standard InChI is InChI=1S/C15H16FN3O2.C7H7F/c1-10(20)19-8-2-3-12(9-19)15-17-14(18-21-15)11-4-6-13(16)7-5-11;1-6-2-4-7(8)5-3-6/h4-7,12H,2-3,8-9H2,1H3;2-5H,1H3. The van der Waals surface area contributed by atoms with Gasteiger partial charge in [0.15, 0.2) is 0 Å². The van der Waals surface area contributed by atoms with E-state index in [9.17, 15) is 13.6 Å². The minimum absolute atomic E-state index is 0.0676. The summed E-state index contributed by atoms with van der Waals surface area (Å²) in [5.41, 5.74) is 1.80. The first kappa shape index (κ1) is 20.6. The van der Waals surface area contributed by atoms with Gasteiger partial charge in [0.25, 0.3) is 0 Å². The van der Waals surface area contributed by atoms with Crippen molar-refractivity contribution in [2.75, 3.05) is 13.1 Å². The summed E-state index contributed by atoms with van der Waals surface area (Å²) in [7, 11) is 0. The second-order valence-electron chi connectivity index (χ2n) is 7.06. The van der Waals surface area contributed by atoms with Crippen LogP contribution < -0.4 is 0 Å². The Kier molecular flexibility index (Phi) is 6.69. The van der Waals surface area contributed by atoms with Gasteiger partial charge in [-0.15, -0.1) is 0 Å². The Bertz CT molecular complexity index is 918. The lowest BCUT2D eigenvalue weighted by Crippen LogP contribution is -2.37. The van der Waals surface area contributed by atoms with Crippen LogP contribution in [-0.2, 0) is 4.79 Å². The second-order valence-corrected chi connectivity index (χ2v) is 7.06. The molecule has 1 fully saturated rings. The first-order valence-corrected chi connectivity index (χ1v) is 9.49. The van der Waals surface area contributed by atoms with E-state index in [2.05, 4.69) is 10.1 Å². The maximum atomic E-state index is 12.9. The van der Waals surface area contributed by atoms with Crippen molar-refractivity contribution >= 4 is 5.91 Å². The predicted molar refractivity (Wildman–Crippen MR) is 105 cm³/mol. The molecule has 2 aromatic carbocycles. The molecule has 1 amide bonds. The molecule has 1 aliphatic rings. The molecule has 0 bridgehead atoms. The minimum atomic E-state index is -0.299. The Hall–Kier alpha value is -3.09. The van der Waals surface area contributed by atoms with Crippen LogP contribution in [0.1, 0.15) is 37.1 Å². The monoisotopic (exact) mass is 399 g/mol. The van der Waals surface area contributed by atoms with Gasteiger partial charge in [-0.05, 0) is 56.2 Å². The number of nitrogens with zero attached hydrogens (tertiary/aromatic N) is 3. The molecule has 1 saturated heterocycles. The van der Waals surface area contributed by atoms with Crippen molar-refractivity contribution in [1.82, 2.24) is 15.0 Å². The van der Waals surface area contributed by atoms with E-state index >= 15 is 0 Å². The summed E-state index contributed by atoms with van der Waals surface area (Å²) in [5, 5.41) is 3.95. The smallest absolute Gasteiger partial charge is 0.231 e. The maximum Gasteiger partial charge on any atom is 0.231 e. The molecule has 3 aromatic rings. The van der Waals surface area contributed by atoms with Crippen LogP contribution in [0.3, 0.4) is 0 Å². The molecule has 5 nitrogen and oxygen atoms in total. The van der Waals surface area contributed by atoms with E-state index in [-0.39, 0.29) is 23.5 Å². The molecule has 0 N–H and O–H groups in total. The maximum absolute atomic E-state index is 12.9. The van der Waals surface area contributed by atoms with Crippen LogP contribution in [-0.4, -0.2) is 34.0 Å². The number of benzene rings is 2. The molecule has 1 unspecified atom stereocenters. The van der Waals surface area contributed by atoms with E-state index in [1.807, 2.05) is 6.92 Å². The molecule has 152 valence electrons. The molecular formula is C22H23F2N3O2. The highest BCUT2D eigenvalue weighted by Crippen LogP contribution is 2.27. The van der Waals surface area contributed by atoms with Crippen LogP contribution in [0.4, 0.5) is 8.78 Å². The lowest BCUT2D eigenvalue weighted by Gasteiger charge is -2.29. The third kappa shape index (κ3) is 5.70. The molecule has 1 aliphatic heterocycles.